The van der Waals surface area contributed by atoms with Crippen LogP contribution in [-0.2, 0) is 20.1 Å². The van der Waals surface area contributed by atoms with Crippen molar-refractivity contribution in [1.82, 2.24) is 9.55 Å². The van der Waals surface area contributed by atoms with Gasteiger partial charge in [0, 0.05) is 25.6 Å². The second-order valence-corrected chi connectivity index (χ2v) is 7.33. The predicted molar refractivity (Wildman–Crippen MR) is 114 cm³/mol. The van der Waals surface area contributed by atoms with E-state index in [4.69, 9.17) is 19.3 Å². The topological polar surface area (TPSA) is 82.8 Å². The summed E-state index contributed by atoms with van der Waals surface area (Å²) in [4.78, 5) is 15.8. The van der Waals surface area contributed by atoms with Gasteiger partial charge >= 0.3 is 5.97 Å². The van der Waals surface area contributed by atoms with Crippen LogP contribution in [0.25, 0.3) is 11.0 Å². The van der Waals surface area contributed by atoms with Crippen LogP contribution in [0.1, 0.15) is 21.7 Å². The summed E-state index contributed by atoms with van der Waals surface area (Å²) in [6, 6.07) is 18.0. The van der Waals surface area contributed by atoms with E-state index in [0.29, 0.717) is 18.1 Å². The summed E-state index contributed by atoms with van der Waals surface area (Å²) in [5, 5.41) is 9.12. The molecule has 3 aromatic carbocycles. The van der Waals surface area contributed by atoms with E-state index in [2.05, 4.69) is 4.98 Å². The Morgan fingerprint density at radius 2 is 1.94 bits per heavy atom. The molecule has 0 atom stereocenters. The highest BCUT2D eigenvalue weighted by Gasteiger charge is 2.14. The minimum atomic E-state index is -0.990. The normalized spacial score (nSPS) is 12.4. The van der Waals surface area contributed by atoms with Gasteiger partial charge in [0.25, 0.3) is 0 Å². The number of ether oxygens (including phenoxy) is 3. The number of carboxylic acids is 1. The highest BCUT2D eigenvalue weighted by molar-refractivity contribution is 5.88. The number of hydrogen-bond donors (Lipinski definition) is 1. The maximum Gasteiger partial charge on any atom is 0.335 e. The standard InChI is InChI=1S/C24H20N2O5/c1-26-21-12-18(31-19-6-5-15-9-10-29-22(15)13-19)7-8-20(21)25-23(26)14-30-17-4-2-3-16(11-17)24(27)28/h2-8,11-13H,9-10,14H2,1H3,(H,27,28). The first-order valence-corrected chi connectivity index (χ1v) is 9.92. The van der Waals surface area contributed by atoms with Gasteiger partial charge in [-0.2, -0.15) is 0 Å². The predicted octanol–water partition coefficient (Wildman–Crippen LogP) is 4.58. The summed E-state index contributed by atoms with van der Waals surface area (Å²) in [6.45, 7) is 0.928. The van der Waals surface area contributed by atoms with Gasteiger partial charge in [-0.3, -0.25) is 0 Å². The van der Waals surface area contributed by atoms with Crippen LogP contribution in [0.3, 0.4) is 0 Å². The maximum atomic E-state index is 11.1. The molecule has 0 aliphatic carbocycles. The van der Waals surface area contributed by atoms with Crippen molar-refractivity contribution in [2.75, 3.05) is 6.61 Å². The van der Waals surface area contributed by atoms with Gasteiger partial charge in [-0.05, 0) is 42.0 Å². The lowest BCUT2D eigenvalue weighted by Gasteiger charge is -2.08. The van der Waals surface area contributed by atoms with Crippen LogP contribution in [-0.4, -0.2) is 27.2 Å². The molecule has 156 valence electrons. The number of nitrogens with zero attached hydrogens (tertiary/aromatic N) is 2. The molecule has 1 aliphatic rings. The minimum absolute atomic E-state index is 0.182. The Morgan fingerprint density at radius 3 is 2.81 bits per heavy atom. The highest BCUT2D eigenvalue weighted by Crippen LogP contribution is 2.33. The number of aromatic nitrogens is 2. The van der Waals surface area contributed by atoms with E-state index in [0.717, 1.165) is 34.8 Å². The summed E-state index contributed by atoms with van der Waals surface area (Å²) >= 11 is 0. The third-order valence-electron chi connectivity index (χ3n) is 5.30. The Hall–Kier alpha value is -4.00. The van der Waals surface area contributed by atoms with Gasteiger partial charge in [-0.25, -0.2) is 9.78 Å². The van der Waals surface area contributed by atoms with Gasteiger partial charge in [-0.1, -0.05) is 12.1 Å². The van der Waals surface area contributed by atoms with Gasteiger partial charge in [0.15, 0.2) is 0 Å². The van der Waals surface area contributed by atoms with Crippen molar-refractivity contribution >= 4 is 17.0 Å². The summed E-state index contributed by atoms with van der Waals surface area (Å²) < 4.78 is 19.4. The molecule has 4 aromatic rings. The zero-order valence-corrected chi connectivity index (χ0v) is 16.9. The van der Waals surface area contributed by atoms with E-state index >= 15 is 0 Å². The molecule has 2 heterocycles. The minimum Gasteiger partial charge on any atom is -0.493 e. The second-order valence-electron chi connectivity index (χ2n) is 7.33. The fourth-order valence-corrected chi connectivity index (χ4v) is 3.63. The van der Waals surface area contributed by atoms with E-state index in [1.54, 1.807) is 12.1 Å². The Bertz CT molecular complexity index is 1290. The first-order valence-electron chi connectivity index (χ1n) is 9.92. The second kappa shape index (κ2) is 7.68. The number of fused-ring (bicyclic) bond motifs is 2. The number of carbonyl (C=O) groups is 1. The van der Waals surface area contributed by atoms with Gasteiger partial charge < -0.3 is 23.9 Å². The first kappa shape index (κ1) is 19.0. The molecule has 7 heteroatoms. The van der Waals surface area contributed by atoms with E-state index in [1.807, 2.05) is 48.0 Å². The SMILES string of the molecule is Cn1c(COc2cccc(C(=O)O)c2)nc2ccc(Oc3ccc4c(c3)OCC4)cc21. The smallest absolute Gasteiger partial charge is 0.335 e. The first-order chi connectivity index (χ1) is 15.1. The van der Waals surface area contributed by atoms with Crippen molar-refractivity contribution in [1.29, 1.82) is 0 Å². The fraction of sp³-hybridized carbons (Fsp3) is 0.167. The molecule has 1 aromatic heterocycles. The lowest BCUT2D eigenvalue weighted by molar-refractivity contribution is 0.0696. The maximum absolute atomic E-state index is 11.1. The molecular weight excluding hydrogens is 396 g/mol. The molecule has 0 unspecified atom stereocenters. The lowest BCUT2D eigenvalue weighted by Crippen LogP contribution is -2.04. The van der Waals surface area contributed by atoms with Crippen LogP contribution >= 0.6 is 0 Å². The molecule has 0 fully saturated rings. The van der Waals surface area contributed by atoms with Gasteiger partial charge in [0.1, 0.15) is 35.4 Å². The number of rotatable bonds is 6. The number of carboxylic acid groups (broad SMARTS) is 1. The fourth-order valence-electron chi connectivity index (χ4n) is 3.63. The van der Waals surface area contributed by atoms with Crippen molar-refractivity contribution < 1.29 is 24.1 Å². The molecule has 7 nitrogen and oxygen atoms in total. The number of hydrogen-bond acceptors (Lipinski definition) is 5. The Kier molecular flexibility index (Phi) is 4.71. The summed E-state index contributed by atoms with van der Waals surface area (Å²) in [5.74, 6) is 2.52. The van der Waals surface area contributed by atoms with Crippen molar-refractivity contribution in [2.24, 2.45) is 7.05 Å². The molecule has 5 rings (SSSR count). The average molecular weight is 416 g/mol. The summed E-state index contributed by atoms with van der Waals surface area (Å²) in [7, 11) is 1.91. The third kappa shape index (κ3) is 3.77. The van der Waals surface area contributed by atoms with Gasteiger partial charge in [-0.15, -0.1) is 0 Å². The van der Waals surface area contributed by atoms with E-state index in [1.165, 1.54) is 17.7 Å². The highest BCUT2D eigenvalue weighted by atomic mass is 16.5. The van der Waals surface area contributed by atoms with E-state index in [9.17, 15) is 4.79 Å². The zero-order chi connectivity index (χ0) is 21.4. The molecule has 1 aliphatic heterocycles. The largest absolute Gasteiger partial charge is 0.493 e. The molecule has 31 heavy (non-hydrogen) atoms. The molecular formula is C24H20N2O5. The van der Waals surface area contributed by atoms with Crippen LogP contribution < -0.4 is 14.2 Å². The third-order valence-corrected chi connectivity index (χ3v) is 5.30. The van der Waals surface area contributed by atoms with Crippen LogP contribution in [0.4, 0.5) is 0 Å². The van der Waals surface area contributed by atoms with Crippen LogP contribution in [0.2, 0.25) is 0 Å². The van der Waals surface area contributed by atoms with Crippen molar-refractivity contribution in [3.63, 3.8) is 0 Å². The van der Waals surface area contributed by atoms with Crippen LogP contribution in [0, 0.1) is 0 Å². The Balaban J connectivity index is 1.35. The number of aromatic carboxylic acids is 1. The quantitative estimate of drug-likeness (QED) is 0.496. The number of benzene rings is 3. The molecule has 1 N–H and O–H groups in total. The molecule has 0 radical (unpaired) electrons. The monoisotopic (exact) mass is 416 g/mol. The zero-order valence-electron chi connectivity index (χ0n) is 16.9. The molecule has 0 bridgehead atoms. The lowest BCUT2D eigenvalue weighted by atomic mass is 10.2. The summed E-state index contributed by atoms with van der Waals surface area (Å²) in [6.07, 6.45) is 0.933. The van der Waals surface area contributed by atoms with Gasteiger partial charge in [0.05, 0.1) is 23.2 Å². The Labute approximate surface area is 178 Å². The van der Waals surface area contributed by atoms with E-state index in [-0.39, 0.29) is 12.2 Å². The molecule has 0 saturated heterocycles. The van der Waals surface area contributed by atoms with Crippen molar-refractivity contribution in [2.45, 2.75) is 13.0 Å². The Morgan fingerprint density at radius 1 is 1.10 bits per heavy atom. The average Bonchev–Trinajstić information content (AvgIpc) is 3.36. The van der Waals surface area contributed by atoms with Crippen molar-refractivity contribution in [3.8, 4) is 23.0 Å². The van der Waals surface area contributed by atoms with Crippen LogP contribution in [0.15, 0.2) is 60.7 Å². The van der Waals surface area contributed by atoms with Gasteiger partial charge in [0.2, 0.25) is 0 Å². The molecule has 0 saturated carbocycles. The molecule has 0 amide bonds. The van der Waals surface area contributed by atoms with Crippen LogP contribution in [0.5, 0.6) is 23.0 Å². The van der Waals surface area contributed by atoms with Crippen molar-refractivity contribution in [3.05, 3.63) is 77.6 Å². The van der Waals surface area contributed by atoms with E-state index < -0.39 is 5.97 Å². The molecule has 0 spiro atoms. The summed E-state index contributed by atoms with van der Waals surface area (Å²) in [5.41, 5.74) is 3.12. The number of imidazole rings is 1. The number of aryl methyl sites for hydroxylation is 1.